The third kappa shape index (κ3) is 19.4. The summed E-state index contributed by atoms with van der Waals surface area (Å²) in [6, 6.07) is 19.8. The van der Waals surface area contributed by atoms with Gasteiger partial charge in [-0.05, 0) is 59.1 Å². The summed E-state index contributed by atoms with van der Waals surface area (Å²) in [5, 5.41) is 8.55. The summed E-state index contributed by atoms with van der Waals surface area (Å²) in [5.41, 5.74) is 1.37. The Morgan fingerprint density at radius 2 is 0.724 bits per heavy atom. The molecule has 58 heavy (non-hydrogen) atoms. The van der Waals surface area contributed by atoms with Gasteiger partial charge in [0, 0.05) is 58.9 Å². The van der Waals surface area contributed by atoms with Crippen molar-refractivity contribution in [3.8, 4) is 0 Å². The second-order valence-corrected chi connectivity index (χ2v) is 15.6. The zero-order chi connectivity index (χ0) is 40.0. The van der Waals surface area contributed by atoms with Crippen molar-refractivity contribution in [2.75, 3.05) is 158 Å². The molecule has 5 rings (SSSR count). The van der Waals surface area contributed by atoms with Crippen LogP contribution in [0, 0.1) is 0 Å². The van der Waals surface area contributed by atoms with Crippen molar-refractivity contribution in [3.05, 3.63) is 60.2 Å². The fourth-order valence-electron chi connectivity index (χ4n) is 7.82. The summed E-state index contributed by atoms with van der Waals surface area (Å²) >= 11 is 0. The third-order valence-electron chi connectivity index (χ3n) is 11.2. The normalized spacial score (nSPS) is 20.3. The first-order valence-corrected chi connectivity index (χ1v) is 22.7. The Labute approximate surface area is 349 Å². The molecular weight excluding hydrogens is 733 g/mol. The molecule has 0 aliphatic carbocycles. The van der Waals surface area contributed by atoms with Gasteiger partial charge in [-0.1, -0.05) is 87.1 Å². The standard InChI is InChI=1S/C47H76N4O7/c1(3-5-11-19-49-21-29-52-27-17-48-18-28-53-35-36-54-30-22-49)2-4-6-12-20-50-23-31-55-37-39-57-33-25-51(26-34-58-40-38-56-32-24-50)42-47-45-15-9-7-13-43(45)41-44-14-8-10-16-46(44)47/h7-10,13-16,41,48H,1-6,11-12,17-40,42H2. The molecule has 0 atom stereocenters. The van der Waals surface area contributed by atoms with Crippen LogP contribution in [0.4, 0.5) is 0 Å². The minimum atomic E-state index is 0.612. The van der Waals surface area contributed by atoms with Gasteiger partial charge in [0.05, 0.1) is 92.5 Å². The van der Waals surface area contributed by atoms with E-state index >= 15 is 0 Å². The van der Waals surface area contributed by atoms with E-state index in [9.17, 15) is 0 Å². The van der Waals surface area contributed by atoms with Gasteiger partial charge in [-0.15, -0.1) is 0 Å². The van der Waals surface area contributed by atoms with E-state index in [1.807, 2.05) is 0 Å². The van der Waals surface area contributed by atoms with Crippen molar-refractivity contribution in [2.24, 2.45) is 0 Å². The molecule has 0 bridgehead atoms. The third-order valence-corrected chi connectivity index (χ3v) is 11.2. The van der Waals surface area contributed by atoms with Crippen molar-refractivity contribution < 1.29 is 33.2 Å². The number of hydrogen-bond acceptors (Lipinski definition) is 11. The van der Waals surface area contributed by atoms with Crippen LogP contribution >= 0.6 is 0 Å². The zero-order valence-electron chi connectivity index (χ0n) is 35.7. The average Bonchev–Trinajstić information content (AvgIpc) is 3.25. The number of nitrogens with zero attached hydrogens (tertiary/aromatic N) is 3. The maximum absolute atomic E-state index is 6.09. The van der Waals surface area contributed by atoms with E-state index in [4.69, 9.17) is 33.2 Å². The van der Waals surface area contributed by atoms with Crippen LogP contribution in [0.25, 0.3) is 21.5 Å². The van der Waals surface area contributed by atoms with Crippen LogP contribution in [0.2, 0.25) is 0 Å². The van der Waals surface area contributed by atoms with E-state index in [0.717, 1.165) is 112 Å². The van der Waals surface area contributed by atoms with E-state index in [0.29, 0.717) is 52.9 Å². The lowest BCUT2D eigenvalue weighted by Crippen LogP contribution is -2.33. The molecule has 11 heteroatoms. The molecule has 2 aliphatic heterocycles. The van der Waals surface area contributed by atoms with Crippen LogP contribution in [-0.2, 0) is 39.7 Å². The molecule has 11 nitrogen and oxygen atoms in total. The van der Waals surface area contributed by atoms with E-state index in [1.54, 1.807) is 0 Å². The van der Waals surface area contributed by atoms with Crippen LogP contribution in [0.15, 0.2) is 54.6 Å². The highest BCUT2D eigenvalue weighted by Crippen LogP contribution is 2.29. The number of unbranched alkanes of at least 4 members (excludes halogenated alkanes) is 7. The predicted octanol–water partition coefficient (Wildman–Crippen LogP) is 6.25. The number of rotatable bonds is 13. The molecule has 2 heterocycles. The van der Waals surface area contributed by atoms with Crippen molar-refractivity contribution >= 4 is 21.5 Å². The molecule has 3 aromatic rings. The molecule has 2 saturated heterocycles. The van der Waals surface area contributed by atoms with Crippen LogP contribution in [0.3, 0.4) is 0 Å². The summed E-state index contributed by atoms with van der Waals surface area (Å²) in [4.78, 5) is 7.46. The smallest absolute Gasteiger partial charge is 0.0701 e. The molecule has 0 unspecified atom stereocenters. The SMILES string of the molecule is c1ccc2c(CN3CCOCCOCCN(CCCCCCCCCCN4CCOCCNCCOCCOCC4)CCOCCOCC3)c3ccccc3cc2c1. The highest BCUT2D eigenvalue weighted by Gasteiger charge is 2.14. The molecule has 1 N–H and O–H groups in total. The van der Waals surface area contributed by atoms with Gasteiger partial charge in [0.1, 0.15) is 0 Å². The van der Waals surface area contributed by atoms with Crippen molar-refractivity contribution in [1.29, 1.82) is 0 Å². The van der Waals surface area contributed by atoms with Gasteiger partial charge in [0.15, 0.2) is 0 Å². The molecule has 2 fully saturated rings. The minimum Gasteiger partial charge on any atom is -0.379 e. The Morgan fingerprint density at radius 1 is 0.379 bits per heavy atom. The maximum Gasteiger partial charge on any atom is 0.0701 e. The van der Waals surface area contributed by atoms with Gasteiger partial charge in [-0.3, -0.25) is 14.7 Å². The molecular formula is C47H76N4O7. The van der Waals surface area contributed by atoms with E-state index in [1.165, 1.54) is 78.5 Å². The van der Waals surface area contributed by atoms with Crippen molar-refractivity contribution in [2.45, 2.75) is 57.9 Å². The molecule has 326 valence electrons. The molecule has 3 aromatic carbocycles. The van der Waals surface area contributed by atoms with Crippen LogP contribution in [-0.4, -0.2) is 173 Å². The van der Waals surface area contributed by atoms with Gasteiger partial charge in [-0.25, -0.2) is 0 Å². The summed E-state index contributed by atoms with van der Waals surface area (Å²) in [6.45, 7) is 19.9. The highest BCUT2D eigenvalue weighted by atomic mass is 16.5. The second-order valence-electron chi connectivity index (χ2n) is 15.6. The Balaban J connectivity index is 0.924. The Bertz CT molecular complexity index is 1380. The fourth-order valence-corrected chi connectivity index (χ4v) is 7.82. The van der Waals surface area contributed by atoms with E-state index < -0.39 is 0 Å². The largest absolute Gasteiger partial charge is 0.379 e. The lowest BCUT2D eigenvalue weighted by atomic mass is 9.96. The number of fused-ring (bicyclic) bond motifs is 2. The first-order chi connectivity index (χ1) is 28.9. The Morgan fingerprint density at radius 3 is 1.16 bits per heavy atom. The van der Waals surface area contributed by atoms with Crippen molar-refractivity contribution in [1.82, 2.24) is 20.0 Å². The molecule has 2 aliphatic rings. The lowest BCUT2D eigenvalue weighted by molar-refractivity contribution is 0.00708. The van der Waals surface area contributed by atoms with Crippen molar-refractivity contribution in [3.63, 3.8) is 0 Å². The quantitative estimate of drug-likeness (QED) is 0.157. The zero-order valence-corrected chi connectivity index (χ0v) is 35.7. The van der Waals surface area contributed by atoms with Crippen LogP contribution in [0.1, 0.15) is 56.9 Å². The summed E-state index contributed by atoms with van der Waals surface area (Å²) in [7, 11) is 0. The van der Waals surface area contributed by atoms with Gasteiger partial charge >= 0.3 is 0 Å². The highest BCUT2D eigenvalue weighted by molar-refractivity contribution is 6.02. The maximum atomic E-state index is 6.09. The molecule has 0 radical (unpaired) electrons. The topological polar surface area (TPSA) is 86.4 Å². The average molecular weight is 809 g/mol. The number of ether oxygens (including phenoxy) is 7. The van der Waals surface area contributed by atoms with Crippen LogP contribution in [0.5, 0.6) is 0 Å². The summed E-state index contributed by atoms with van der Waals surface area (Å²) < 4.78 is 41.5. The van der Waals surface area contributed by atoms with Crippen LogP contribution < -0.4 is 5.32 Å². The molecule has 0 amide bonds. The van der Waals surface area contributed by atoms with Gasteiger partial charge in [0.25, 0.3) is 0 Å². The first-order valence-electron chi connectivity index (χ1n) is 22.7. The molecule has 0 aromatic heterocycles. The minimum absolute atomic E-state index is 0.612. The summed E-state index contributed by atoms with van der Waals surface area (Å²) in [5.74, 6) is 0. The molecule has 0 saturated carbocycles. The Hall–Kier alpha value is -2.26. The number of benzene rings is 3. The summed E-state index contributed by atoms with van der Waals surface area (Å²) in [6.07, 6.45) is 10.3. The Kier molecular flexibility index (Phi) is 24.8. The number of nitrogens with one attached hydrogen (secondary N) is 1. The van der Waals surface area contributed by atoms with E-state index in [2.05, 4.69) is 74.6 Å². The van der Waals surface area contributed by atoms with E-state index in [-0.39, 0.29) is 0 Å². The van der Waals surface area contributed by atoms with Gasteiger partial charge in [-0.2, -0.15) is 0 Å². The monoisotopic (exact) mass is 809 g/mol. The first kappa shape index (κ1) is 46.8. The van der Waals surface area contributed by atoms with Gasteiger partial charge in [0.2, 0.25) is 0 Å². The lowest BCUT2D eigenvalue weighted by Gasteiger charge is -2.25. The fraction of sp³-hybridized carbons (Fsp3) is 0.702. The predicted molar refractivity (Wildman–Crippen MR) is 235 cm³/mol. The van der Waals surface area contributed by atoms with Gasteiger partial charge < -0.3 is 38.5 Å². The second kappa shape index (κ2) is 30.7. The number of hydrogen-bond donors (Lipinski definition) is 1. The molecule has 0 spiro atoms.